The van der Waals surface area contributed by atoms with Gasteiger partial charge in [0, 0.05) is 6.08 Å². The first-order chi connectivity index (χ1) is 6.24. The zero-order chi connectivity index (χ0) is 9.68. The first-order valence-corrected chi connectivity index (χ1v) is 4.13. The molecular weight excluding hydrogens is 168 g/mol. The van der Waals surface area contributed by atoms with Crippen molar-refractivity contribution < 1.29 is 13.9 Å². The van der Waals surface area contributed by atoms with Crippen LogP contribution in [0.25, 0.3) is 0 Å². The molecule has 3 nitrogen and oxygen atoms in total. The Morgan fingerprint density at radius 2 is 2.38 bits per heavy atom. The van der Waals surface area contributed by atoms with Crippen LogP contribution in [-0.4, -0.2) is 12.4 Å². The normalized spacial score (nSPS) is 10.6. The van der Waals surface area contributed by atoms with Gasteiger partial charge in [0.15, 0.2) is 5.76 Å². The molecule has 0 aliphatic carbocycles. The Morgan fingerprint density at radius 3 is 2.92 bits per heavy atom. The molecule has 0 amide bonds. The van der Waals surface area contributed by atoms with Crippen LogP contribution in [0.15, 0.2) is 28.9 Å². The number of hydrogen-bond acceptors (Lipinski definition) is 3. The van der Waals surface area contributed by atoms with Gasteiger partial charge in [-0.3, -0.25) is 4.79 Å². The van der Waals surface area contributed by atoms with Crippen LogP contribution in [-0.2, 0) is 4.74 Å². The van der Waals surface area contributed by atoms with Crippen molar-refractivity contribution in [2.24, 2.45) is 0 Å². The number of rotatable bonds is 4. The predicted octanol–water partition coefficient (Wildman–Crippen LogP) is 2.32. The zero-order valence-corrected chi connectivity index (χ0v) is 7.74. The minimum Gasteiger partial charge on any atom is -0.501 e. The Hall–Kier alpha value is -1.51. The van der Waals surface area contributed by atoms with E-state index in [1.165, 1.54) is 12.3 Å². The molecule has 0 spiro atoms. The van der Waals surface area contributed by atoms with Gasteiger partial charge in [0.25, 0.3) is 0 Å². The highest BCUT2D eigenvalue weighted by atomic mass is 16.5. The Balaban J connectivity index is 2.58. The van der Waals surface area contributed by atoms with Crippen molar-refractivity contribution in [1.29, 1.82) is 0 Å². The van der Waals surface area contributed by atoms with Crippen molar-refractivity contribution in [2.75, 3.05) is 6.61 Å². The second-order valence-corrected chi connectivity index (χ2v) is 2.53. The van der Waals surface area contributed by atoms with Gasteiger partial charge in [0.05, 0.1) is 12.9 Å². The van der Waals surface area contributed by atoms with Crippen LogP contribution in [0.5, 0.6) is 0 Å². The van der Waals surface area contributed by atoms with Crippen LogP contribution in [0.3, 0.4) is 0 Å². The summed E-state index contributed by atoms with van der Waals surface area (Å²) in [5, 5.41) is 0. The molecule has 1 aromatic rings. The summed E-state index contributed by atoms with van der Waals surface area (Å²) in [5.41, 5.74) is 0. The minimum absolute atomic E-state index is 0.179. The third-order valence-electron chi connectivity index (χ3n) is 1.47. The fourth-order valence-electron chi connectivity index (χ4n) is 0.855. The quantitative estimate of drug-likeness (QED) is 0.405. The summed E-state index contributed by atoms with van der Waals surface area (Å²) >= 11 is 0. The lowest BCUT2D eigenvalue weighted by atomic mass is 10.3. The van der Waals surface area contributed by atoms with Gasteiger partial charge < -0.3 is 9.15 Å². The van der Waals surface area contributed by atoms with Crippen molar-refractivity contribution in [1.82, 2.24) is 0 Å². The Labute approximate surface area is 77.0 Å². The number of ether oxygens (including phenoxy) is 1. The Bertz CT molecular complexity index is 310. The van der Waals surface area contributed by atoms with Gasteiger partial charge >= 0.3 is 0 Å². The summed E-state index contributed by atoms with van der Waals surface area (Å²) in [6.07, 6.45) is 2.72. The number of allylic oxidation sites excluding steroid dienone is 1. The number of carbonyl (C=O) groups is 1. The number of hydrogen-bond donors (Lipinski definition) is 0. The highest BCUT2D eigenvalue weighted by Crippen LogP contribution is 2.07. The van der Waals surface area contributed by atoms with Crippen LogP contribution in [0, 0.1) is 6.92 Å². The molecule has 13 heavy (non-hydrogen) atoms. The smallest absolute Gasteiger partial charge is 0.224 e. The van der Waals surface area contributed by atoms with Crippen LogP contribution >= 0.6 is 0 Å². The molecule has 70 valence electrons. The number of carbonyl (C=O) groups excluding carboxylic acids is 1. The maximum atomic E-state index is 11.3. The second-order valence-electron chi connectivity index (χ2n) is 2.53. The van der Waals surface area contributed by atoms with Crippen molar-refractivity contribution in [3.63, 3.8) is 0 Å². The molecule has 0 saturated heterocycles. The molecule has 1 aromatic heterocycles. The maximum absolute atomic E-state index is 11.3. The number of ketones is 1. The average Bonchev–Trinajstić information content (AvgIpc) is 2.52. The Kier molecular flexibility index (Phi) is 3.31. The molecule has 3 heteroatoms. The molecule has 0 saturated carbocycles. The van der Waals surface area contributed by atoms with Gasteiger partial charge in [0.1, 0.15) is 5.76 Å². The maximum Gasteiger partial charge on any atom is 0.224 e. The largest absolute Gasteiger partial charge is 0.501 e. The van der Waals surface area contributed by atoms with Crippen LogP contribution in [0.1, 0.15) is 23.2 Å². The summed E-state index contributed by atoms with van der Waals surface area (Å²) in [7, 11) is 0. The third kappa shape index (κ3) is 2.78. The SMILES string of the molecule is CCOC=CC(=O)c1ccc(C)o1. The second kappa shape index (κ2) is 4.50. The van der Waals surface area contributed by atoms with Gasteiger partial charge in [0.2, 0.25) is 5.78 Å². The molecule has 0 unspecified atom stereocenters. The molecule has 0 radical (unpaired) electrons. The van der Waals surface area contributed by atoms with E-state index in [0.29, 0.717) is 12.4 Å². The van der Waals surface area contributed by atoms with Crippen molar-refractivity contribution in [3.8, 4) is 0 Å². The highest BCUT2D eigenvalue weighted by molar-refractivity contribution is 6.02. The van der Waals surface area contributed by atoms with E-state index in [2.05, 4.69) is 0 Å². The number of furan rings is 1. The molecule has 1 rings (SSSR count). The predicted molar refractivity (Wildman–Crippen MR) is 48.5 cm³/mol. The topological polar surface area (TPSA) is 39.4 Å². The van der Waals surface area contributed by atoms with E-state index in [4.69, 9.17) is 9.15 Å². The lowest BCUT2D eigenvalue weighted by Gasteiger charge is -1.91. The van der Waals surface area contributed by atoms with Crippen LogP contribution in [0.4, 0.5) is 0 Å². The lowest BCUT2D eigenvalue weighted by Crippen LogP contribution is -1.91. The molecule has 0 bridgehead atoms. The minimum atomic E-state index is -0.179. The third-order valence-corrected chi connectivity index (χ3v) is 1.47. The van der Waals surface area contributed by atoms with E-state index in [9.17, 15) is 4.79 Å². The van der Waals surface area contributed by atoms with E-state index in [1.807, 2.05) is 6.92 Å². The van der Waals surface area contributed by atoms with Crippen molar-refractivity contribution >= 4 is 5.78 Å². The molecule has 0 atom stereocenters. The monoisotopic (exact) mass is 180 g/mol. The summed E-state index contributed by atoms with van der Waals surface area (Å²) in [6, 6.07) is 3.40. The first kappa shape index (κ1) is 9.58. The molecule has 0 aliphatic rings. The Morgan fingerprint density at radius 1 is 1.62 bits per heavy atom. The van der Waals surface area contributed by atoms with E-state index in [1.54, 1.807) is 19.1 Å². The number of aryl methyl sites for hydroxylation is 1. The standard InChI is InChI=1S/C10H12O3/c1-3-12-7-6-9(11)10-5-4-8(2)13-10/h4-7H,3H2,1-2H3. The molecule has 0 N–H and O–H groups in total. The summed E-state index contributed by atoms with van der Waals surface area (Å²) in [5.74, 6) is 0.892. The van der Waals surface area contributed by atoms with Crippen molar-refractivity contribution in [2.45, 2.75) is 13.8 Å². The molecule has 0 aliphatic heterocycles. The van der Waals surface area contributed by atoms with E-state index < -0.39 is 0 Å². The highest BCUT2D eigenvalue weighted by Gasteiger charge is 2.05. The first-order valence-electron chi connectivity index (χ1n) is 4.13. The fraction of sp³-hybridized carbons (Fsp3) is 0.300. The van der Waals surface area contributed by atoms with Crippen molar-refractivity contribution in [3.05, 3.63) is 36.0 Å². The van der Waals surface area contributed by atoms with Gasteiger partial charge in [-0.2, -0.15) is 0 Å². The fourth-order valence-corrected chi connectivity index (χ4v) is 0.855. The molecule has 0 aromatic carbocycles. The molecule has 0 fully saturated rings. The average molecular weight is 180 g/mol. The summed E-state index contributed by atoms with van der Waals surface area (Å²) in [4.78, 5) is 11.3. The van der Waals surface area contributed by atoms with E-state index >= 15 is 0 Å². The van der Waals surface area contributed by atoms with Gasteiger partial charge in [-0.1, -0.05) is 0 Å². The van der Waals surface area contributed by atoms with E-state index in [0.717, 1.165) is 5.76 Å². The lowest BCUT2D eigenvalue weighted by molar-refractivity contribution is 0.101. The summed E-state index contributed by atoms with van der Waals surface area (Å²) < 4.78 is 10.0. The van der Waals surface area contributed by atoms with Gasteiger partial charge in [-0.15, -0.1) is 0 Å². The summed E-state index contributed by atoms with van der Waals surface area (Å²) in [6.45, 7) is 4.20. The molecule has 1 heterocycles. The van der Waals surface area contributed by atoms with Gasteiger partial charge in [-0.05, 0) is 26.0 Å². The van der Waals surface area contributed by atoms with E-state index in [-0.39, 0.29) is 5.78 Å². The van der Waals surface area contributed by atoms with Crippen LogP contribution < -0.4 is 0 Å². The van der Waals surface area contributed by atoms with Gasteiger partial charge in [-0.25, -0.2) is 0 Å². The zero-order valence-electron chi connectivity index (χ0n) is 7.74. The van der Waals surface area contributed by atoms with Crippen LogP contribution in [0.2, 0.25) is 0 Å². The molecular formula is C10H12O3.